The second kappa shape index (κ2) is 5.90. The minimum atomic E-state index is -0.275. The Kier molecular flexibility index (Phi) is 4.45. The highest BCUT2D eigenvalue weighted by molar-refractivity contribution is 5.41. The molecule has 0 aliphatic carbocycles. The van der Waals surface area contributed by atoms with Crippen molar-refractivity contribution in [3.8, 4) is 5.75 Å². The van der Waals surface area contributed by atoms with Crippen molar-refractivity contribution in [2.45, 2.75) is 44.8 Å². The van der Waals surface area contributed by atoms with E-state index in [1.165, 1.54) is 5.56 Å². The predicted octanol–water partition coefficient (Wildman–Crippen LogP) is 2.33. The summed E-state index contributed by atoms with van der Waals surface area (Å²) in [5.74, 6) is 6.80. The summed E-state index contributed by atoms with van der Waals surface area (Å²) < 4.78 is 11.3. The van der Waals surface area contributed by atoms with Crippen LogP contribution in [0, 0.1) is 0 Å². The molecular weight excluding hydrogens is 240 g/mol. The van der Waals surface area contributed by atoms with Gasteiger partial charge in [-0.05, 0) is 30.0 Å². The molecule has 1 unspecified atom stereocenters. The molecule has 0 fully saturated rings. The van der Waals surface area contributed by atoms with E-state index in [0.29, 0.717) is 0 Å². The normalized spacial score (nSPS) is 16.0. The predicted molar refractivity (Wildman–Crippen MR) is 76.0 cm³/mol. The molecule has 0 saturated carbocycles. The van der Waals surface area contributed by atoms with Crippen LogP contribution in [0.15, 0.2) is 18.2 Å². The molecular formula is C15H24N2O2. The monoisotopic (exact) mass is 264 g/mol. The van der Waals surface area contributed by atoms with Crippen LogP contribution in [0.5, 0.6) is 5.75 Å². The minimum Gasteiger partial charge on any atom is -0.493 e. The molecule has 0 spiro atoms. The van der Waals surface area contributed by atoms with Gasteiger partial charge in [0.1, 0.15) is 5.75 Å². The molecule has 0 radical (unpaired) electrons. The Balaban J connectivity index is 2.36. The van der Waals surface area contributed by atoms with E-state index in [4.69, 9.17) is 15.3 Å². The molecule has 1 atom stereocenters. The first-order valence-electron chi connectivity index (χ1n) is 6.97. The van der Waals surface area contributed by atoms with Gasteiger partial charge in [0.2, 0.25) is 0 Å². The number of methoxy groups -OCH3 is 1. The molecule has 1 aliphatic heterocycles. The standard InChI is InChI=1S/C15H24N2O2/c1-4-15(5-2,18-3)14(17-16)12-6-7-13-11(10-12)8-9-19-13/h6-7,10,14,17H,4-5,8-9,16H2,1-3H3. The van der Waals surface area contributed by atoms with Crippen LogP contribution in [0.1, 0.15) is 43.9 Å². The third-order valence-electron chi connectivity index (χ3n) is 4.34. The first kappa shape index (κ1) is 14.3. The summed E-state index contributed by atoms with van der Waals surface area (Å²) in [5.41, 5.74) is 5.09. The average molecular weight is 264 g/mol. The lowest BCUT2D eigenvalue weighted by molar-refractivity contribution is -0.0486. The zero-order chi connectivity index (χ0) is 13.9. The van der Waals surface area contributed by atoms with Crippen LogP contribution in [0.4, 0.5) is 0 Å². The van der Waals surface area contributed by atoms with E-state index >= 15 is 0 Å². The van der Waals surface area contributed by atoms with Crippen LogP contribution in [0.2, 0.25) is 0 Å². The number of hydrogen-bond acceptors (Lipinski definition) is 4. The fourth-order valence-electron chi connectivity index (χ4n) is 3.00. The third-order valence-corrected chi connectivity index (χ3v) is 4.34. The number of rotatable bonds is 6. The number of fused-ring (bicyclic) bond motifs is 1. The Morgan fingerprint density at radius 1 is 1.42 bits per heavy atom. The second-order valence-corrected chi connectivity index (χ2v) is 5.04. The Hall–Kier alpha value is -1.10. The first-order valence-corrected chi connectivity index (χ1v) is 6.97. The molecule has 0 amide bonds. The van der Waals surface area contributed by atoms with E-state index in [9.17, 15) is 0 Å². The van der Waals surface area contributed by atoms with Crippen LogP contribution in [-0.2, 0) is 11.2 Å². The molecule has 1 aromatic rings. The van der Waals surface area contributed by atoms with Gasteiger partial charge in [0.15, 0.2) is 0 Å². The highest BCUT2D eigenvalue weighted by atomic mass is 16.5. The number of ether oxygens (including phenoxy) is 2. The maximum absolute atomic E-state index is 5.80. The summed E-state index contributed by atoms with van der Waals surface area (Å²) >= 11 is 0. The van der Waals surface area contributed by atoms with Gasteiger partial charge in [0.25, 0.3) is 0 Å². The SMILES string of the molecule is CCC(CC)(OC)C(NN)c1ccc2c(c1)CCO2. The molecule has 4 heteroatoms. The lowest BCUT2D eigenvalue weighted by Crippen LogP contribution is -2.47. The van der Waals surface area contributed by atoms with Crippen molar-refractivity contribution >= 4 is 0 Å². The van der Waals surface area contributed by atoms with E-state index in [1.807, 2.05) is 6.07 Å². The van der Waals surface area contributed by atoms with Crippen molar-refractivity contribution in [2.24, 2.45) is 5.84 Å². The van der Waals surface area contributed by atoms with Gasteiger partial charge in [-0.3, -0.25) is 11.3 Å². The number of hydrogen-bond donors (Lipinski definition) is 2. The number of nitrogens with one attached hydrogen (secondary N) is 1. The highest BCUT2D eigenvalue weighted by Crippen LogP contribution is 2.37. The molecule has 0 aromatic heterocycles. The van der Waals surface area contributed by atoms with Gasteiger partial charge in [-0.15, -0.1) is 0 Å². The van der Waals surface area contributed by atoms with Crippen LogP contribution in [-0.4, -0.2) is 19.3 Å². The van der Waals surface area contributed by atoms with E-state index in [-0.39, 0.29) is 11.6 Å². The Bertz CT molecular complexity index is 422. The van der Waals surface area contributed by atoms with Gasteiger partial charge in [0, 0.05) is 13.5 Å². The minimum absolute atomic E-state index is 0.0154. The molecule has 19 heavy (non-hydrogen) atoms. The molecule has 0 bridgehead atoms. The summed E-state index contributed by atoms with van der Waals surface area (Å²) in [6, 6.07) is 6.28. The van der Waals surface area contributed by atoms with Gasteiger partial charge in [0.05, 0.1) is 18.2 Å². The summed E-state index contributed by atoms with van der Waals surface area (Å²) in [5, 5.41) is 0. The van der Waals surface area contributed by atoms with E-state index in [1.54, 1.807) is 7.11 Å². The van der Waals surface area contributed by atoms with Crippen LogP contribution < -0.4 is 16.0 Å². The van der Waals surface area contributed by atoms with Gasteiger partial charge in [-0.1, -0.05) is 26.0 Å². The van der Waals surface area contributed by atoms with Gasteiger partial charge in [-0.25, -0.2) is 0 Å². The van der Waals surface area contributed by atoms with Crippen molar-refractivity contribution in [3.63, 3.8) is 0 Å². The van der Waals surface area contributed by atoms with Gasteiger partial charge < -0.3 is 9.47 Å². The Morgan fingerprint density at radius 2 is 2.16 bits per heavy atom. The summed E-state index contributed by atoms with van der Waals surface area (Å²) in [6.45, 7) is 5.04. The van der Waals surface area contributed by atoms with Crippen molar-refractivity contribution in [3.05, 3.63) is 29.3 Å². The molecule has 1 aliphatic rings. The molecule has 2 rings (SSSR count). The van der Waals surface area contributed by atoms with Gasteiger partial charge >= 0.3 is 0 Å². The van der Waals surface area contributed by atoms with Crippen molar-refractivity contribution in [2.75, 3.05) is 13.7 Å². The number of hydrazine groups is 1. The third kappa shape index (κ3) is 2.48. The largest absolute Gasteiger partial charge is 0.493 e. The van der Waals surface area contributed by atoms with Gasteiger partial charge in [-0.2, -0.15) is 0 Å². The zero-order valence-electron chi connectivity index (χ0n) is 12.0. The topological polar surface area (TPSA) is 56.5 Å². The zero-order valence-corrected chi connectivity index (χ0v) is 12.0. The Labute approximate surface area is 115 Å². The second-order valence-electron chi connectivity index (χ2n) is 5.04. The van der Waals surface area contributed by atoms with Crippen LogP contribution in [0.25, 0.3) is 0 Å². The number of nitrogens with two attached hydrogens (primary N) is 1. The summed E-state index contributed by atoms with van der Waals surface area (Å²) in [7, 11) is 1.76. The maximum Gasteiger partial charge on any atom is 0.122 e. The van der Waals surface area contributed by atoms with Crippen LogP contribution >= 0.6 is 0 Å². The molecule has 0 saturated heterocycles. The van der Waals surface area contributed by atoms with Crippen molar-refractivity contribution in [1.82, 2.24) is 5.43 Å². The highest BCUT2D eigenvalue weighted by Gasteiger charge is 2.36. The lowest BCUT2D eigenvalue weighted by atomic mass is 9.83. The fraction of sp³-hybridized carbons (Fsp3) is 0.600. The molecule has 3 N–H and O–H groups in total. The average Bonchev–Trinajstić information content (AvgIpc) is 2.92. The molecule has 4 nitrogen and oxygen atoms in total. The summed E-state index contributed by atoms with van der Waals surface area (Å²) in [4.78, 5) is 0. The molecule has 1 heterocycles. The molecule has 1 aromatic carbocycles. The fourth-order valence-corrected chi connectivity index (χ4v) is 3.00. The Morgan fingerprint density at radius 3 is 2.74 bits per heavy atom. The lowest BCUT2D eigenvalue weighted by Gasteiger charge is -2.38. The van der Waals surface area contributed by atoms with Crippen LogP contribution in [0.3, 0.4) is 0 Å². The first-order chi connectivity index (χ1) is 9.20. The number of benzene rings is 1. The van der Waals surface area contributed by atoms with Crippen molar-refractivity contribution in [1.29, 1.82) is 0 Å². The van der Waals surface area contributed by atoms with E-state index in [2.05, 4.69) is 31.4 Å². The quantitative estimate of drug-likeness (QED) is 0.611. The summed E-state index contributed by atoms with van der Waals surface area (Å²) in [6.07, 6.45) is 2.78. The van der Waals surface area contributed by atoms with E-state index < -0.39 is 0 Å². The van der Waals surface area contributed by atoms with E-state index in [0.717, 1.165) is 37.2 Å². The molecule has 106 valence electrons. The maximum atomic E-state index is 5.80. The smallest absolute Gasteiger partial charge is 0.122 e. The van der Waals surface area contributed by atoms with Crippen molar-refractivity contribution < 1.29 is 9.47 Å².